The molecule has 0 radical (unpaired) electrons. The maximum absolute atomic E-state index is 10.2. The third-order valence-corrected chi connectivity index (χ3v) is 2.98. The summed E-state index contributed by atoms with van der Waals surface area (Å²) in [6, 6.07) is 0. The van der Waals surface area contributed by atoms with E-state index < -0.39 is 5.97 Å². The summed E-state index contributed by atoms with van der Waals surface area (Å²) in [5.41, 5.74) is 0. The van der Waals surface area contributed by atoms with Crippen LogP contribution in [-0.4, -0.2) is 22.3 Å². The number of hydrogen-bond donors (Lipinski definition) is 2. The molecule has 0 rings (SSSR count). The van der Waals surface area contributed by atoms with E-state index in [1.165, 1.54) is 18.9 Å². The zero-order valence-corrected chi connectivity index (χ0v) is 12.9. The van der Waals surface area contributed by atoms with Crippen LogP contribution in [0.4, 0.5) is 0 Å². The normalized spacial score (nSPS) is 14.0. The largest absolute Gasteiger partial charge is 0.478 e. The molecule has 1 unspecified atom stereocenters. The van der Waals surface area contributed by atoms with Crippen molar-refractivity contribution in [2.75, 3.05) is 0 Å². The van der Waals surface area contributed by atoms with E-state index in [-0.39, 0.29) is 6.10 Å². The number of hydrogen-bond acceptors (Lipinski definition) is 2. The Balaban J connectivity index is 3.57. The average Bonchev–Trinajstić information content (AvgIpc) is 2.44. The molecule has 0 saturated heterocycles. The lowest BCUT2D eigenvalue weighted by atomic mass is 10.1. The van der Waals surface area contributed by atoms with Gasteiger partial charge < -0.3 is 10.2 Å². The molecule has 118 valence electrons. The third kappa shape index (κ3) is 16.3. The summed E-state index contributed by atoms with van der Waals surface area (Å²) in [5, 5.41) is 18.1. The van der Waals surface area contributed by atoms with Crippen LogP contribution in [0.25, 0.3) is 0 Å². The van der Waals surface area contributed by atoms with E-state index in [0.29, 0.717) is 0 Å². The molecule has 0 fully saturated rings. The smallest absolute Gasteiger partial charge is 0.328 e. The molecule has 0 aliphatic heterocycles. The molecule has 1 atom stereocenters. The topological polar surface area (TPSA) is 57.5 Å². The van der Waals surface area contributed by atoms with Crippen LogP contribution >= 0.6 is 0 Å². The van der Waals surface area contributed by atoms with Gasteiger partial charge in [-0.1, -0.05) is 68.7 Å². The van der Waals surface area contributed by atoms with Crippen LogP contribution in [-0.2, 0) is 4.79 Å². The van der Waals surface area contributed by atoms with Crippen molar-refractivity contribution in [3.05, 3.63) is 48.6 Å². The Bertz CT molecular complexity index is 365. The van der Waals surface area contributed by atoms with Crippen LogP contribution in [0.1, 0.15) is 51.9 Å². The first-order valence-corrected chi connectivity index (χ1v) is 7.74. The summed E-state index contributed by atoms with van der Waals surface area (Å²) in [5.74, 6) is -0.944. The second kappa shape index (κ2) is 14.8. The Morgan fingerprint density at radius 1 is 0.952 bits per heavy atom. The minimum Gasteiger partial charge on any atom is -0.478 e. The molecule has 0 heterocycles. The lowest BCUT2D eigenvalue weighted by Crippen LogP contribution is -2.05. The summed E-state index contributed by atoms with van der Waals surface area (Å²) in [4.78, 5) is 10.2. The molecule has 0 aromatic carbocycles. The summed E-state index contributed by atoms with van der Waals surface area (Å²) in [7, 11) is 0. The quantitative estimate of drug-likeness (QED) is 0.318. The molecular formula is C18H28O3. The number of carbonyl (C=O) groups is 1. The maximum atomic E-state index is 10.2. The average molecular weight is 292 g/mol. The molecule has 0 bridgehead atoms. The highest BCUT2D eigenvalue weighted by Crippen LogP contribution is 2.09. The van der Waals surface area contributed by atoms with Gasteiger partial charge >= 0.3 is 5.97 Å². The van der Waals surface area contributed by atoms with Crippen LogP contribution in [0.3, 0.4) is 0 Å². The van der Waals surface area contributed by atoms with Gasteiger partial charge in [-0.3, -0.25) is 0 Å². The van der Waals surface area contributed by atoms with E-state index in [1.807, 2.05) is 18.2 Å². The molecule has 0 aliphatic rings. The van der Waals surface area contributed by atoms with Gasteiger partial charge in [-0.05, 0) is 25.7 Å². The molecule has 0 saturated carbocycles. The number of allylic oxidation sites excluding steroid dienone is 7. The lowest BCUT2D eigenvalue weighted by molar-refractivity contribution is -0.131. The number of aliphatic carboxylic acids is 1. The fourth-order valence-corrected chi connectivity index (χ4v) is 1.81. The Hall–Kier alpha value is -1.61. The van der Waals surface area contributed by atoms with Gasteiger partial charge in [-0.25, -0.2) is 4.79 Å². The first-order valence-electron chi connectivity index (χ1n) is 7.74. The molecule has 0 aromatic rings. The fourth-order valence-electron chi connectivity index (χ4n) is 1.81. The highest BCUT2D eigenvalue weighted by atomic mass is 16.4. The molecular weight excluding hydrogens is 264 g/mol. The monoisotopic (exact) mass is 292 g/mol. The van der Waals surface area contributed by atoms with Crippen molar-refractivity contribution in [2.45, 2.75) is 58.0 Å². The second-order valence-electron chi connectivity index (χ2n) is 4.98. The van der Waals surface area contributed by atoms with Gasteiger partial charge in [0.15, 0.2) is 0 Å². The standard InChI is InChI=1S/C18H28O3/c1-2-3-11-14-17(19)15-12-9-7-5-4-6-8-10-13-16-18(20)21/h4-8,10,13,16-17,19H,2-3,9,11-12,14-15H2,1H3,(H,20,21). The van der Waals surface area contributed by atoms with Crippen molar-refractivity contribution < 1.29 is 15.0 Å². The van der Waals surface area contributed by atoms with E-state index >= 15 is 0 Å². The molecule has 0 spiro atoms. The zero-order chi connectivity index (χ0) is 15.8. The predicted octanol–water partition coefficient (Wildman–Crippen LogP) is 4.41. The van der Waals surface area contributed by atoms with E-state index in [4.69, 9.17) is 5.11 Å². The van der Waals surface area contributed by atoms with Gasteiger partial charge in [0.2, 0.25) is 0 Å². The predicted molar refractivity (Wildman–Crippen MR) is 88.2 cm³/mol. The van der Waals surface area contributed by atoms with Gasteiger partial charge in [0.25, 0.3) is 0 Å². The summed E-state index contributed by atoms with van der Waals surface area (Å²) in [6.07, 6.45) is 21.0. The third-order valence-electron chi connectivity index (χ3n) is 2.98. The van der Waals surface area contributed by atoms with E-state index in [0.717, 1.165) is 38.2 Å². The first kappa shape index (κ1) is 19.4. The SMILES string of the molecule is CCCCCC(O)CCCC=CC=CC=CC=CC(=O)O. The Morgan fingerprint density at radius 3 is 2.24 bits per heavy atom. The number of unbranched alkanes of at least 4 members (excludes halogenated alkanes) is 3. The number of carboxylic acid groups (broad SMARTS) is 1. The molecule has 0 aliphatic carbocycles. The van der Waals surface area contributed by atoms with Crippen molar-refractivity contribution in [1.29, 1.82) is 0 Å². The van der Waals surface area contributed by atoms with Crippen LogP contribution in [0.15, 0.2) is 48.6 Å². The van der Waals surface area contributed by atoms with Crippen molar-refractivity contribution in [3.63, 3.8) is 0 Å². The minimum absolute atomic E-state index is 0.149. The van der Waals surface area contributed by atoms with Crippen molar-refractivity contribution >= 4 is 5.97 Å². The minimum atomic E-state index is -0.944. The Morgan fingerprint density at radius 2 is 1.57 bits per heavy atom. The summed E-state index contributed by atoms with van der Waals surface area (Å²) >= 11 is 0. The van der Waals surface area contributed by atoms with Gasteiger partial charge in [-0.2, -0.15) is 0 Å². The fraction of sp³-hybridized carbons (Fsp3) is 0.500. The van der Waals surface area contributed by atoms with Gasteiger partial charge in [0.05, 0.1) is 6.10 Å². The number of aliphatic hydroxyl groups is 1. The first-order chi connectivity index (χ1) is 10.2. The zero-order valence-electron chi connectivity index (χ0n) is 12.9. The van der Waals surface area contributed by atoms with Gasteiger partial charge in [-0.15, -0.1) is 0 Å². The molecule has 2 N–H and O–H groups in total. The molecule has 3 nitrogen and oxygen atoms in total. The van der Waals surface area contributed by atoms with Crippen LogP contribution < -0.4 is 0 Å². The Labute approximate surface area is 128 Å². The Kier molecular flexibility index (Phi) is 13.7. The highest BCUT2D eigenvalue weighted by molar-refractivity contribution is 5.80. The summed E-state index contributed by atoms with van der Waals surface area (Å²) in [6.45, 7) is 2.17. The molecule has 21 heavy (non-hydrogen) atoms. The van der Waals surface area contributed by atoms with E-state index in [2.05, 4.69) is 13.0 Å². The number of carboxylic acids is 1. The molecule has 3 heteroatoms. The van der Waals surface area contributed by atoms with Gasteiger partial charge in [0.1, 0.15) is 0 Å². The lowest BCUT2D eigenvalue weighted by Gasteiger charge is -2.08. The summed E-state index contributed by atoms with van der Waals surface area (Å²) < 4.78 is 0. The number of rotatable bonds is 12. The van der Waals surface area contributed by atoms with E-state index in [1.54, 1.807) is 12.2 Å². The highest BCUT2D eigenvalue weighted by Gasteiger charge is 2.01. The van der Waals surface area contributed by atoms with Crippen LogP contribution in [0, 0.1) is 0 Å². The van der Waals surface area contributed by atoms with E-state index in [9.17, 15) is 9.90 Å². The van der Waals surface area contributed by atoms with Crippen molar-refractivity contribution in [2.24, 2.45) is 0 Å². The molecule has 0 amide bonds. The molecule has 0 aromatic heterocycles. The number of aliphatic hydroxyl groups excluding tert-OH is 1. The van der Waals surface area contributed by atoms with Crippen LogP contribution in [0.2, 0.25) is 0 Å². The van der Waals surface area contributed by atoms with Crippen molar-refractivity contribution in [3.8, 4) is 0 Å². The maximum Gasteiger partial charge on any atom is 0.328 e. The van der Waals surface area contributed by atoms with Crippen molar-refractivity contribution in [1.82, 2.24) is 0 Å². The van der Waals surface area contributed by atoms with Crippen LogP contribution in [0.5, 0.6) is 0 Å². The second-order valence-corrected chi connectivity index (χ2v) is 4.98. The van der Waals surface area contributed by atoms with Gasteiger partial charge in [0, 0.05) is 6.08 Å².